The Bertz CT molecular complexity index is 408. The predicted octanol–water partition coefficient (Wildman–Crippen LogP) is 3.15. The summed E-state index contributed by atoms with van der Waals surface area (Å²) in [6.45, 7) is 3.36. The van der Waals surface area contributed by atoms with Crippen molar-refractivity contribution < 1.29 is 23.0 Å². The first kappa shape index (κ1) is 15.2. The molecule has 0 saturated heterocycles. The van der Waals surface area contributed by atoms with Crippen LogP contribution in [0, 0.1) is 11.6 Å². The summed E-state index contributed by atoms with van der Waals surface area (Å²) in [6.07, 6.45) is 0.259. The molecule has 6 heteroatoms. The van der Waals surface area contributed by atoms with Crippen molar-refractivity contribution >= 4 is 22.2 Å². The normalized spacial score (nSPS) is 11.6. The molecule has 0 spiro atoms. The smallest absolute Gasteiger partial charge is 0.259 e. The first-order chi connectivity index (χ1) is 8.50. The molecule has 0 bridgehead atoms. The van der Waals surface area contributed by atoms with Crippen LogP contribution in [0.2, 0.25) is 0 Å². The van der Waals surface area contributed by atoms with Crippen molar-refractivity contribution in [2.45, 2.75) is 19.6 Å². The number of hydrogen-bond donors (Lipinski definition) is 0. The quantitative estimate of drug-likeness (QED) is 0.596. The summed E-state index contributed by atoms with van der Waals surface area (Å²) < 4.78 is 38.2. The number of carbonyl (C=O) groups is 1. The van der Waals surface area contributed by atoms with Gasteiger partial charge in [-0.1, -0.05) is 15.9 Å². The Hall–Kier alpha value is -0.850. The van der Waals surface area contributed by atoms with Gasteiger partial charge in [0.05, 0.1) is 5.56 Å². The number of halogens is 3. The average Bonchev–Trinajstić information content (AvgIpc) is 2.27. The molecular formula is C12H13BrF2O3. The minimum absolute atomic E-state index is 0.0771. The molecule has 100 valence electrons. The van der Waals surface area contributed by atoms with Crippen molar-refractivity contribution in [3.8, 4) is 0 Å². The Morgan fingerprint density at radius 2 is 1.67 bits per heavy atom. The lowest BCUT2D eigenvalue weighted by molar-refractivity contribution is -0.224. The van der Waals surface area contributed by atoms with Gasteiger partial charge in [0, 0.05) is 17.7 Å². The highest BCUT2D eigenvalue weighted by Crippen LogP contribution is 2.32. The van der Waals surface area contributed by atoms with Crippen LogP contribution in [0.15, 0.2) is 16.6 Å². The third-order valence-corrected chi connectivity index (χ3v) is 2.69. The van der Waals surface area contributed by atoms with Crippen molar-refractivity contribution in [1.82, 2.24) is 0 Å². The Balaban J connectivity index is 3.41. The molecule has 0 atom stereocenters. The van der Waals surface area contributed by atoms with Crippen LogP contribution in [-0.4, -0.2) is 19.5 Å². The van der Waals surface area contributed by atoms with Crippen LogP contribution in [0.25, 0.3) is 0 Å². The molecule has 1 aromatic carbocycles. The van der Waals surface area contributed by atoms with E-state index in [2.05, 4.69) is 15.9 Å². The fourth-order valence-corrected chi connectivity index (χ4v) is 2.02. The van der Waals surface area contributed by atoms with Gasteiger partial charge in [-0.25, -0.2) is 8.78 Å². The number of hydrogen-bond acceptors (Lipinski definition) is 3. The predicted molar refractivity (Wildman–Crippen MR) is 65.1 cm³/mol. The fraction of sp³-hybridized carbons (Fsp3) is 0.417. The topological polar surface area (TPSA) is 35.5 Å². The Kier molecular flexibility index (Phi) is 5.37. The van der Waals surface area contributed by atoms with Crippen LogP contribution in [0.3, 0.4) is 0 Å². The van der Waals surface area contributed by atoms with Gasteiger partial charge in [-0.2, -0.15) is 0 Å². The Labute approximate surface area is 112 Å². The van der Waals surface area contributed by atoms with E-state index in [0.29, 0.717) is 0 Å². The number of rotatable bonds is 6. The van der Waals surface area contributed by atoms with Gasteiger partial charge in [0.1, 0.15) is 11.6 Å². The monoisotopic (exact) mass is 322 g/mol. The third kappa shape index (κ3) is 2.93. The Morgan fingerprint density at radius 3 is 2.00 bits per heavy atom. The molecule has 0 saturated carbocycles. The highest BCUT2D eigenvalue weighted by molar-refractivity contribution is 9.10. The summed E-state index contributed by atoms with van der Waals surface area (Å²) >= 11 is 2.96. The van der Waals surface area contributed by atoms with Gasteiger partial charge in [-0.3, -0.25) is 4.79 Å². The standard InChI is InChI=1S/C12H13BrF2O3/c1-3-17-12(7-16,18-4-2)11-9(14)5-8(13)6-10(11)15/h5-7H,3-4H2,1-2H3. The van der Waals surface area contributed by atoms with E-state index in [1.807, 2.05) is 0 Å². The third-order valence-electron chi connectivity index (χ3n) is 2.23. The van der Waals surface area contributed by atoms with E-state index in [4.69, 9.17) is 9.47 Å². The molecule has 0 unspecified atom stereocenters. The summed E-state index contributed by atoms with van der Waals surface area (Å²) in [4.78, 5) is 11.2. The van der Waals surface area contributed by atoms with Crippen molar-refractivity contribution in [3.63, 3.8) is 0 Å². The highest BCUT2D eigenvalue weighted by atomic mass is 79.9. The molecule has 18 heavy (non-hydrogen) atoms. The number of carbonyl (C=O) groups excluding carboxylic acids is 1. The van der Waals surface area contributed by atoms with Crippen LogP contribution < -0.4 is 0 Å². The van der Waals surface area contributed by atoms with E-state index in [9.17, 15) is 13.6 Å². The second-order valence-corrected chi connectivity index (χ2v) is 4.31. The summed E-state index contributed by atoms with van der Waals surface area (Å²) in [6, 6.07) is 2.10. The molecule has 0 aliphatic rings. The first-order valence-corrected chi connectivity index (χ1v) is 6.19. The van der Waals surface area contributed by atoms with Crippen LogP contribution in [0.4, 0.5) is 8.78 Å². The van der Waals surface area contributed by atoms with Gasteiger partial charge >= 0.3 is 0 Å². The SMILES string of the molecule is CCOC(C=O)(OCC)c1c(F)cc(Br)cc1F. The number of aldehydes is 1. The molecule has 0 aliphatic heterocycles. The second kappa shape index (κ2) is 6.36. The minimum atomic E-state index is -2.04. The van der Waals surface area contributed by atoms with Crippen LogP contribution >= 0.6 is 15.9 Å². The van der Waals surface area contributed by atoms with Crippen molar-refractivity contribution in [2.75, 3.05) is 13.2 Å². The second-order valence-electron chi connectivity index (χ2n) is 3.40. The molecule has 0 radical (unpaired) electrons. The maximum absolute atomic E-state index is 13.9. The minimum Gasteiger partial charge on any atom is -0.340 e. The van der Waals surface area contributed by atoms with E-state index >= 15 is 0 Å². The molecule has 0 N–H and O–H groups in total. The molecule has 3 nitrogen and oxygen atoms in total. The van der Waals surface area contributed by atoms with E-state index in [1.54, 1.807) is 13.8 Å². The molecule has 0 amide bonds. The van der Waals surface area contributed by atoms with Gasteiger partial charge in [-0.15, -0.1) is 0 Å². The van der Waals surface area contributed by atoms with Crippen molar-refractivity contribution in [2.24, 2.45) is 0 Å². The summed E-state index contributed by atoms with van der Waals surface area (Å²) in [7, 11) is 0. The van der Waals surface area contributed by atoms with Crippen molar-refractivity contribution in [3.05, 3.63) is 33.8 Å². The van der Waals surface area contributed by atoms with Gasteiger partial charge in [0.15, 0.2) is 6.29 Å². The highest BCUT2D eigenvalue weighted by Gasteiger charge is 2.39. The summed E-state index contributed by atoms with van der Waals surface area (Å²) in [5.41, 5.74) is -0.538. The summed E-state index contributed by atoms with van der Waals surface area (Å²) in [5.74, 6) is -3.86. The summed E-state index contributed by atoms with van der Waals surface area (Å²) in [5, 5.41) is 0. The van der Waals surface area contributed by atoms with Gasteiger partial charge in [-0.05, 0) is 26.0 Å². The lowest BCUT2D eigenvalue weighted by atomic mass is 10.1. The molecule has 0 aliphatic carbocycles. The fourth-order valence-electron chi connectivity index (χ4n) is 1.62. The zero-order valence-corrected chi connectivity index (χ0v) is 11.6. The van der Waals surface area contributed by atoms with Gasteiger partial charge < -0.3 is 9.47 Å². The molecular weight excluding hydrogens is 310 g/mol. The lowest BCUT2D eigenvalue weighted by Gasteiger charge is -2.28. The van der Waals surface area contributed by atoms with Crippen LogP contribution in [-0.2, 0) is 20.1 Å². The molecule has 1 aromatic rings. The van der Waals surface area contributed by atoms with Gasteiger partial charge in [0.2, 0.25) is 0 Å². The maximum Gasteiger partial charge on any atom is 0.259 e. The zero-order chi connectivity index (χ0) is 13.8. The van der Waals surface area contributed by atoms with E-state index in [-0.39, 0.29) is 24.0 Å². The molecule has 0 aromatic heterocycles. The van der Waals surface area contributed by atoms with E-state index < -0.39 is 23.0 Å². The molecule has 0 heterocycles. The maximum atomic E-state index is 13.9. The van der Waals surface area contributed by atoms with Crippen molar-refractivity contribution in [1.29, 1.82) is 0 Å². The van der Waals surface area contributed by atoms with E-state index in [0.717, 1.165) is 12.1 Å². The number of ether oxygens (including phenoxy) is 2. The molecule has 1 rings (SSSR count). The van der Waals surface area contributed by atoms with Gasteiger partial charge in [0.25, 0.3) is 5.79 Å². The Morgan fingerprint density at radius 1 is 1.22 bits per heavy atom. The van der Waals surface area contributed by atoms with E-state index in [1.165, 1.54) is 0 Å². The number of benzene rings is 1. The van der Waals surface area contributed by atoms with Crippen LogP contribution in [0.1, 0.15) is 19.4 Å². The zero-order valence-electron chi connectivity index (χ0n) is 10.0. The molecule has 0 fully saturated rings. The first-order valence-electron chi connectivity index (χ1n) is 5.40. The lowest BCUT2D eigenvalue weighted by Crippen LogP contribution is -2.37. The largest absolute Gasteiger partial charge is 0.340 e. The average molecular weight is 323 g/mol. The van der Waals surface area contributed by atoms with Crippen LogP contribution in [0.5, 0.6) is 0 Å².